The molecule has 2 saturated heterocycles. The van der Waals surface area contributed by atoms with Gasteiger partial charge in [0.15, 0.2) is 0 Å². The first kappa shape index (κ1) is 21.8. The van der Waals surface area contributed by atoms with Gasteiger partial charge in [-0.1, -0.05) is 23.4 Å². The maximum Gasteiger partial charge on any atom is 0.416 e. The normalized spacial score (nSPS) is 23.0. The van der Waals surface area contributed by atoms with Gasteiger partial charge in [0.25, 0.3) is 0 Å². The molecule has 1 atom stereocenters. The number of carbonyl (C=O) groups excluding carboxylic acids is 1. The van der Waals surface area contributed by atoms with Crippen LogP contribution >= 0.6 is 0 Å². The minimum absolute atomic E-state index is 0.0459. The van der Waals surface area contributed by atoms with Crippen LogP contribution in [0, 0.1) is 19.3 Å². The molecule has 1 aromatic heterocycles. The number of ether oxygens (including phenoxy) is 1. The van der Waals surface area contributed by atoms with E-state index in [9.17, 15) is 18.0 Å². The molecule has 0 radical (unpaired) electrons. The number of carbonyl (C=O) groups is 1. The lowest BCUT2D eigenvalue weighted by molar-refractivity contribution is -0.137. The Hall–Kier alpha value is -2.39. The van der Waals surface area contributed by atoms with Gasteiger partial charge in [-0.05, 0) is 25.5 Å². The number of benzene rings is 1. The van der Waals surface area contributed by atoms with E-state index < -0.39 is 11.7 Å². The van der Waals surface area contributed by atoms with Crippen molar-refractivity contribution in [3.8, 4) is 0 Å². The standard InChI is InChI=1S/C22H26F3N3O3/c1-15-19(16(2)31-26-15)11-28-13-21(9-20(28)29)12-27(6-7-30-14-21)10-17-4-3-5-18(8-17)22(23,24)25/h3-5,8H,6-7,9-14H2,1-2H3/t21-/m1/s1. The second kappa shape index (κ2) is 8.27. The highest BCUT2D eigenvalue weighted by Crippen LogP contribution is 2.36. The minimum Gasteiger partial charge on any atom is -0.379 e. The zero-order valence-corrected chi connectivity index (χ0v) is 17.7. The predicted octanol–water partition coefficient (Wildman–Crippen LogP) is 3.56. The molecule has 3 heterocycles. The van der Waals surface area contributed by atoms with Gasteiger partial charge in [-0.3, -0.25) is 9.69 Å². The second-order valence-electron chi connectivity index (χ2n) is 8.69. The quantitative estimate of drug-likeness (QED) is 0.732. The molecule has 31 heavy (non-hydrogen) atoms. The molecule has 1 aromatic carbocycles. The average molecular weight is 437 g/mol. The summed E-state index contributed by atoms with van der Waals surface area (Å²) < 4.78 is 50.2. The lowest BCUT2D eigenvalue weighted by Gasteiger charge is -2.31. The molecular weight excluding hydrogens is 411 g/mol. The summed E-state index contributed by atoms with van der Waals surface area (Å²) in [6.07, 6.45) is -4.01. The van der Waals surface area contributed by atoms with Crippen LogP contribution in [0.15, 0.2) is 28.8 Å². The Labute approximate surface area is 178 Å². The Morgan fingerprint density at radius 2 is 2.00 bits per heavy atom. The van der Waals surface area contributed by atoms with E-state index in [2.05, 4.69) is 10.1 Å². The Kier molecular flexibility index (Phi) is 5.83. The summed E-state index contributed by atoms with van der Waals surface area (Å²) in [6, 6.07) is 5.42. The highest BCUT2D eigenvalue weighted by molar-refractivity contribution is 5.79. The largest absolute Gasteiger partial charge is 0.416 e. The summed E-state index contributed by atoms with van der Waals surface area (Å²) in [5.74, 6) is 0.749. The number of hydrogen-bond donors (Lipinski definition) is 0. The highest BCUT2D eigenvalue weighted by Gasteiger charge is 2.45. The van der Waals surface area contributed by atoms with Gasteiger partial charge >= 0.3 is 6.18 Å². The molecule has 2 aliphatic heterocycles. The maximum absolute atomic E-state index is 13.1. The molecule has 0 aliphatic carbocycles. The van der Waals surface area contributed by atoms with Crippen molar-refractivity contribution < 1.29 is 27.2 Å². The number of aryl methyl sites for hydroxylation is 2. The van der Waals surface area contributed by atoms with Crippen LogP contribution in [0.2, 0.25) is 0 Å². The molecule has 0 bridgehead atoms. The van der Waals surface area contributed by atoms with E-state index >= 15 is 0 Å². The lowest BCUT2D eigenvalue weighted by Crippen LogP contribution is -2.40. The van der Waals surface area contributed by atoms with Crippen LogP contribution < -0.4 is 0 Å². The third kappa shape index (κ3) is 4.77. The fourth-order valence-corrected chi connectivity index (χ4v) is 4.57. The maximum atomic E-state index is 13.1. The van der Waals surface area contributed by atoms with Crippen LogP contribution in [-0.4, -0.2) is 53.7 Å². The average Bonchev–Trinajstić information content (AvgIpc) is 3.09. The first-order valence-corrected chi connectivity index (χ1v) is 10.3. The molecule has 4 rings (SSSR count). The molecular formula is C22H26F3N3O3. The van der Waals surface area contributed by atoms with E-state index in [0.717, 1.165) is 17.3 Å². The number of halogens is 3. The van der Waals surface area contributed by atoms with Crippen molar-refractivity contribution >= 4 is 5.91 Å². The van der Waals surface area contributed by atoms with Gasteiger partial charge in [0.1, 0.15) is 5.76 Å². The van der Waals surface area contributed by atoms with Gasteiger partial charge in [-0.2, -0.15) is 13.2 Å². The fraction of sp³-hybridized carbons (Fsp3) is 0.545. The van der Waals surface area contributed by atoms with Crippen LogP contribution in [0.3, 0.4) is 0 Å². The molecule has 2 aliphatic rings. The SMILES string of the molecule is Cc1noc(C)c1CN1C[C@@]2(COCCN(Cc3cccc(C(F)(F)F)c3)C2)CC1=O. The Morgan fingerprint density at radius 3 is 2.71 bits per heavy atom. The van der Waals surface area contributed by atoms with Crippen molar-refractivity contribution in [2.75, 3.05) is 32.8 Å². The molecule has 0 unspecified atom stereocenters. The van der Waals surface area contributed by atoms with Crippen molar-refractivity contribution in [2.45, 2.75) is 39.5 Å². The zero-order chi connectivity index (χ0) is 22.2. The lowest BCUT2D eigenvalue weighted by atomic mass is 9.87. The fourth-order valence-electron chi connectivity index (χ4n) is 4.57. The van der Waals surface area contributed by atoms with Gasteiger partial charge in [-0.25, -0.2) is 0 Å². The number of rotatable bonds is 4. The van der Waals surface area contributed by atoms with E-state index in [-0.39, 0.29) is 11.3 Å². The van der Waals surface area contributed by atoms with Crippen molar-refractivity contribution in [2.24, 2.45) is 5.41 Å². The summed E-state index contributed by atoms with van der Waals surface area (Å²) in [5.41, 5.74) is 1.26. The predicted molar refractivity (Wildman–Crippen MR) is 106 cm³/mol. The number of hydrogen-bond acceptors (Lipinski definition) is 5. The number of aromatic nitrogens is 1. The summed E-state index contributed by atoms with van der Waals surface area (Å²) >= 11 is 0. The monoisotopic (exact) mass is 437 g/mol. The first-order valence-electron chi connectivity index (χ1n) is 10.3. The number of nitrogens with zero attached hydrogens (tertiary/aromatic N) is 3. The molecule has 1 amide bonds. The van der Waals surface area contributed by atoms with Crippen LogP contribution in [-0.2, 0) is 28.8 Å². The number of likely N-dealkylation sites (tertiary alicyclic amines) is 1. The Balaban J connectivity index is 1.48. The van der Waals surface area contributed by atoms with Crippen LogP contribution in [0.4, 0.5) is 13.2 Å². The molecule has 0 saturated carbocycles. The van der Waals surface area contributed by atoms with E-state index in [1.807, 2.05) is 18.7 Å². The molecule has 9 heteroatoms. The topological polar surface area (TPSA) is 58.8 Å². The van der Waals surface area contributed by atoms with Gasteiger partial charge < -0.3 is 14.2 Å². The molecule has 1 spiro atoms. The van der Waals surface area contributed by atoms with Crippen molar-refractivity contribution in [1.82, 2.24) is 15.0 Å². The molecule has 168 valence electrons. The van der Waals surface area contributed by atoms with E-state index in [4.69, 9.17) is 9.26 Å². The molecule has 2 fully saturated rings. The summed E-state index contributed by atoms with van der Waals surface area (Å²) in [6.45, 7) is 7.18. The van der Waals surface area contributed by atoms with E-state index in [0.29, 0.717) is 63.7 Å². The second-order valence-corrected chi connectivity index (χ2v) is 8.69. The summed E-state index contributed by atoms with van der Waals surface area (Å²) in [5, 5.41) is 3.96. The van der Waals surface area contributed by atoms with Gasteiger partial charge in [-0.15, -0.1) is 0 Å². The van der Waals surface area contributed by atoms with Crippen molar-refractivity contribution in [1.29, 1.82) is 0 Å². The Morgan fingerprint density at radius 1 is 1.19 bits per heavy atom. The molecule has 0 N–H and O–H groups in total. The van der Waals surface area contributed by atoms with E-state index in [1.165, 1.54) is 12.1 Å². The van der Waals surface area contributed by atoms with Crippen LogP contribution in [0.25, 0.3) is 0 Å². The smallest absolute Gasteiger partial charge is 0.379 e. The summed E-state index contributed by atoms with van der Waals surface area (Å²) in [4.78, 5) is 16.7. The number of amides is 1. The summed E-state index contributed by atoms with van der Waals surface area (Å²) in [7, 11) is 0. The third-order valence-electron chi connectivity index (χ3n) is 6.12. The number of alkyl halides is 3. The Bertz CT molecular complexity index is 939. The molecule has 6 nitrogen and oxygen atoms in total. The van der Waals surface area contributed by atoms with Crippen LogP contribution in [0.5, 0.6) is 0 Å². The third-order valence-corrected chi connectivity index (χ3v) is 6.12. The van der Waals surface area contributed by atoms with E-state index in [1.54, 1.807) is 6.07 Å². The van der Waals surface area contributed by atoms with Crippen molar-refractivity contribution in [3.05, 3.63) is 52.4 Å². The van der Waals surface area contributed by atoms with Gasteiger partial charge in [0, 0.05) is 43.6 Å². The minimum atomic E-state index is -4.37. The zero-order valence-electron chi connectivity index (χ0n) is 17.7. The molecule has 2 aromatic rings. The van der Waals surface area contributed by atoms with Crippen molar-refractivity contribution in [3.63, 3.8) is 0 Å². The van der Waals surface area contributed by atoms with Gasteiger partial charge in [0.05, 0.1) is 31.0 Å². The van der Waals surface area contributed by atoms with Crippen LogP contribution in [0.1, 0.15) is 34.6 Å². The van der Waals surface area contributed by atoms with Gasteiger partial charge in [0.2, 0.25) is 5.91 Å². The first-order chi connectivity index (χ1) is 14.7. The highest BCUT2D eigenvalue weighted by atomic mass is 19.4.